The van der Waals surface area contributed by atoms with Gasteiger partial charge in [-0.1, -0.05) is 6.07 Å². The summed E-state index contributed by atoms with van der Waals surface area (Å²) < 4.78 is 0.923. The van der Waals surface area contributed by atoms with Gasteiger partial charge in [0.2, 0.25) is 0 Å². The van der Waals surface area contributed by atoms with Crippen molar-refractivity contribution in [1.29, 1.82) is 0 Å². The monoisotopic (exact) mass is 309 g/mol. The molecule has 1 heterocycles. The highest BCUT2D eigenvalue weighted by molar-refractivity contribution is 9.10. The summed E-state index contributed by atoms with van der Waals surface area (Å²) in [6, 6.07) is 5.21. The lowest BCUT2D eigenvalue weighted by atomic mass is 10.1. The van der Waals surface area contributed by atoms with Gasteiger partial charge in [-0.05, 0) is 39.7 Å². The molecule has 1 aliphatic heterocycles. The third-order valence-corrected chi connectivity index (χ3v) is 3.12. The Morgan fingerprint density at radius 1 is 1.22 bits per heavy atom. The van der Waals surface area contributed by atoms with Crippen LogP contribution in [0.5, 0.6) is 0 Å². The Balaban J connectivity index is 2.31. The van der Waals surface area contributed by atoms with Crippen molar-refractivity contribution in [2.45, 2.75) is 0 Å². The van der Waals surface area contributed by atoms with Gasteiger partial charge in [-0.2, -0.15) is 0 Å². The van der Waals surface area contributed by atoms with Gasteiger partial charge in [-0.15, -0.1) is 0 Å². The first kappa shape index (κ1) is 12.6. The summed E-state index contributed by atoms with van der Waals surface area (Å²) in [5, 5.41) is 4.60. The van der Waals surface area contributed by atoms with Crippen LogP contribution in [-0.4, -0.2) is 26.0 Å². The second-order valence-electron chi connectivity index (χ2n) is 4.07. The van der Waals surface area contributed by atoms with Gasteiger partial charge < -0.3 is 10.2 Å². The minimum Gasteiger partial charge on any atom is -0.377 e. The van der Waals surface area contributed by atoms with Crippen molar-refractivity contribution in [2.24, 2.45) is 0 Å². The zero-order valence-corrected chi connectivity index (χ0v) is 11.5. The van der Waals surface area contributed by atoms with E-state index in [9.17, 15) is 9.59 Å². The standard InChI is InChI=1S/C12H12BrN3O2/c1-16(2)10-4-3-7(5-8(10)13)6-9-11(17)15-12(18)14-9/h3-6H,1-2H3,(H2,14,15,17,18). The number of carbonyl (C=O) groups excluding carboxylic acids is 2. The molecule has 0 bridgehead atoms. The van der Waals surface area contributed by atoms with E-state index in [0.717, 1.165) is 15.7 Å². The first-order valence-electron chi connectivity index (χ1n) is 5.28. The van der Waals surface area contributed by atoms with Gasteiger partial charge in [-0.3, -0.25) is 10.1 Å². The molecular weight excluding hydrogens is 298 g/mol. The number of rotatable bonds is 2. The Morgan fingerprint density at radius 3 is 2.44 bits per heavy atom. The normalized spacial score (nSPS) is 16.7. The van der Waals surface area contributed by atoms with Gasteiger partial charge in [0.15, 0.2) is 0 Å². The summed E-state index contributed by atoms with van der Waals surface area (Å²) in [5.74, 6) is -0.409. The average Bonchev–Trinajstić information content (AvgIpc) is 2.57. The van der Waals surface area contributed by atoms with E-state index in [1.165, 1.54) is 0 Å². The summed E-state index contributed by atoms with van der Waals surface area (Å²) in [7, 11) is 3.89. The first-order chi connectivity index (χ1) is 8.47. The largest absolute Gasteiger partial charge is 0.377 e. The molecule has 5 nitrogen and oxygen atoms in total. The van der Waals surface area contributed by atoms with Crippen LogP contribution in [0.2, 0.25) is 0 Å². The van der Waals surface area contributed by atoms with E-state index >= 15 is 0 Å². The van der Waals surface area contributed by atoms with Crippen LogP contribution in [0.3, 0.4) is 0 Å². The number of benzene rings is 1. The van der Waals surface area contributed by atoms with Gasteiger partial charge >= 0.3 is 6.03 Å². The maximum atomic E-state index is 11.4. The lowest BCUT2D eigenvalue weighted by Gasteiger charge is -2.14. The van der Waals surface area contributed by atoms with E-state index in [2.05, 4.69) is 26.6 Å². The molecule has 0 aromatic heterocycles. The molecule has 1 fully saturated rings. The molecule has 2 rings (SSSR count). The van der Waals surface area contributed by atoms with Crippen molar-refractivity contribution in [1.82, 2.24) is 10.6 Å². The predicted octanol–water partition coefficient (Wildman–Crippen LogP) is 1.70. The molecule has 0 saturated carbocycles. The van der Waals surface area contributed by atoms with Crippen LogP contribution >= 0.6 is 15.9 Å². The summed E-state index contributed by atoms with van der Waals surface area (Å²) in [6.45, 7) is 0. The van der Waals surface area contributed by atoms with Crippen molar-refractivity contribution in [2.75, 3.05) is 19.0 Å². The highest BCUT2D eigenvalue weighted by Crippen LogP contribution is 2.26. The average molecular weight is 310 g/mol. The molecule has 1 aliphatic rings. The molecule has 0 radical (unpaired) electrons. The maximum Gasteiger partial charge on any atom is 0.326 e. The molecule has 1 aromatic carbocycles. The minimum atomic E-state index is -0.491. The molecule has 1 aromatic rings. The fourth-order valence-electron chi connectivity index (χ4n) is 1.62. The van der Waals surface area contributed by atoms with E-state index in [1.54, 1.807) is 6.08 Å². The number of imide groups is 1. The maximum absolute atomic E-state index is 11.4. The molecule has 0 unspecified atom stereocenters. The molecule has 3 amide bonds. The number of anilines is 1. The highest BCUT2D eigenvalue weighted by Gasteiger charge is 2.22. The quantitative estimate of drug-likeness (QED) is 0.645. The van der Waals surface area contributed by atoms with E-state index in [0.29, 0.717) is 0 Å². The first-order valence-corrected chi connectivity index (χ1v) is 6.07. The molecule has 0 aliphatic carbocycles. The van der Waals surface area contributed by atoms with Crippen LogP contribution in [0.25, 0.3) is 6.08 Å². The Kier molecular flexibility index (Phi) is 3.38. The summed E-state index contributed by atoms with van der Waals surface area (Å²) in [4.78, 5) is 24.3. The topological polar surface area (TPSA) is 61.4 Å². The van der Waals surface area contributed by atoms with E-state index in [-0.39, 0.29) is 5.70 Å². The molecule has 18 heavy (non-hydrogen) atoms. The van der Waals surface area contributed by atoms with Crippen LogP contribution in [0.4, 0.5) is 10.5 Å². The van der Waals surface area contributed by atoms with Crippen molar-refractivity contribution in [3.8, 4) is 0 Å². The highest BCUT2D eigenvalue weighted by atomic mass is 79.9. The number of hydrogen-bond donors (Lipinski definition) is 2. The van der Waals surface area contributed by atoms with Crippen LogP contribution in [0, 0.1) is 0 Å². The van der Waals surface area contributed by atoms with E-state index < -0.39 is 11.9 Å². The minimum absolute atomic E-state index is 0.254. The number of nitrogens with zero attached hydrogens (tertiary/aromatic N) is 1. The van der Waals surface area contributed by atoms with Crippen LogP contribution in [0.1, 0.15) is 5.56 Å². The number of carbonyl (C=O) groups is 2. The third-order valence-electron chi connectivity index (χ3n) is 2.48. The molecule has 1 saturated heterocycles. The van der Waals surface area contributed by atoms with Crippen LogP contribution < -0.4 is 15.5 Å². The third kappa shape index (κ3) is 2.53. The SMILES string of the molecule is CN(C)c1ccc(C=C2NC(=O)NC2=O)cc1Br. The Labute approximate surface area is 113 Å². The van der Waals surface area contributed by atoms with Gasteiger partial charge in [0, 0.05) is 18.6 Å². The number of hydrogen-bond acceptors (Lipinski definition) is 3. The smallest absolute Gasteiger partial charge is 0.326 e. The lowest BCUT2D eigenvalue weighted by Crippen LogP contribution is -2.22. The molecule has 94 valence electrons. The van der Waals surface area contributed by atoms with Gasteiger partial charge in [0.25, 0.3) is 5.91 Å². The summed E-state index contributed by atoms with van der Waals surface area (Å²) in [6.07, 6.45) is 1.63. The molecule has 6 heteroatoms. The molecule has 0 spiro atoms. The molecular formula is C12H12BrN3O2. The predicted molar refractivity (Wildman–Crippen MR) is 73.1 cm³/mol. The molecule has 2 N–H and O–H groups in total. The van der Waals surface area contributed by atoms with Crippen LogP contribution in [-0.2, 0) is 4.79 Å². The zero-order chi connectivity index (χ0) is 13.3. The van der Waals surface area contributed by atoms with Gasteiger partial charge in [0.05, 0.1) is 5.69 Å². The van der Waals surface area contributed by atoms with Gasteiger partial charge in [-0.25, -0.2) is 4.79 Å². The fourth-order valence-corrected chi connectivity index (χ4v) is 2.38. The van der Waals surface area contributed by atoms with Crippen molar-refractivity contribution < 1.29 is 9.59 Å². The number of amides is 3. The summed E-state index contributed by atoms with van der Waals surface area (Å²) >= 11 is 3.47. The van der Waals surface area contributed by atoms with E-state index in [4.69, 9.17) is 0 Å². The van der Waals surface area contributed by atoms with Crippen LogP contribution in [0.15, 0.2) is 28.4 Å². The second-order valence-corrected chi connectivity index (χ2v) is 4.93. The Hall–Kier alpha value is -1.82. The second kappa shape index (κ2) is 4.81. The lowest BCUT2D eigenvalue weighted by molar-refractivity contribution is -0.115. The van der Waals surface area contributed by atoms with Crippen molar-refractivity contribution >= 4 is 39.6 Å². The van der Waals surface area contributed by atoms with E-state index in [1.807, 2.05) is 37.2 Å². The van der Waals surface area contributed by atoms with Crippen molar-refractivity contribution in [3.05, 3.63) is 33.9 Å². The van der Waals surface area contributed by atoms with Gasteiger partial charge in [0.1, 0.15) is 5.70 Å². The van der Waals surface area contributed by atoms with Crippen molar-refractivity contribution in [3.63, 3.8) is 0 Å². The number of urea groups is 1. The Morgan fingerprint density at radius 2 is 1.94 bits per heavy atom. The summed E-state index contributed by atoms with van der Waals surface area (Å²) in [5.41, 5.74) is 2.13. The molecule has 0 atom stereocenters. The fraction of sp³-hybridized carbons (Fsp3) is 0.167. The Bertz CT molecular complexity index is 552. The zero-order valence-electron chi connectivity index (χ0n) is 9.95. The number of nitrogens with one attached hydrogen (secondary N) is 2. The number of halogens is 1.